The Bertz CT molecular complexity index is 908. The molecule has 31 heavy (non-hydrogen) atoms. The molecule has 4 rings (SSSR count). The number of methoxy groups -OCH3 is 1. The quantitative estimate of drug-likeness (QED) is 0.634. The molecule has 166 valence electrons. The molecule has 8 nitrogen and oxygen atoms in total. The van der Waals surface area contributed by atoms with Gasteiger partial charge in [0.05, 0.1) is 12.9 Å². The highest BCUT2D eigenvalue weighted by Gasteiger charge is 2.25. The van der Waals surface area contributed by atoms with Crippen molar-refractivity contribution in [3.05, 3.63) is 29.8 Å². The molecule has 2 amide bonds. The first-order valence-corrected chi connectivity index (χ1v) is 12.4. The second kappa shape index (κ2) is 10.3. The number of aromatic nitrogens is 2. The van der Waals surface area contributed by atoms with Crippen LogP contribution in [0.3, 0.4) is 0 Å². The van der Waals surface area contributed by atoms with Gasteiger partial charge in [-0.3, -0.25) is 9.59 Å². The number of hydrogen-bond acceptors (Lipinski definition) is 8. The molecule has 2 aliphatic rings. The van der Waals surface area contributed by atoms with Gasteiger partial charge in [0.2, 0.25) is 11.0 Å². The molecule has 1 aromatic carbocycles. The van der Waals surface area contributed by atoms with Crippen LogP contribution in [0.15, 0.2) is 28.6 Å². The molecule has 1 aromatic heterocycles. The lowest BCUT2D eigenvalue weighted by Gasteiger charge is -2.34. The standard InChI is InChI=1S/C21H27N5O3S2/c1-29-17-8-4-5-15(13-17)19(28)25-9-11-26(12-10-25)20-23-24-21(31-20)30-14-18(27)22-16-6-2-3-7-16/h4-5,8,13,16H,2-3,6-7,9-12,14H2,1H3,(H,22,27). The Morgan fingerprint density at radius 3 is 2.71 bits per heavy atom. The molecule has 2 heterocycles. The van der Waals surface area contributed by atoms with Gasteiger partial charge in [0.15, 0.2) is 4.34 Å². The first kappa shape index (κ1) is 21.9. The van der Waals surface area contributed by atoms with Gasteiger partial charge in [-0.2, -0.15) is 0 Å². The number of ether oxygens (including phenoxy) is 1. The van der Waals surface area contributed by atoms with Gasteiger partial charge < -0.3 is 19.9 Å². The van der Waals surface area contributed by atoms with E-state index in [1.807, 2.05) is 23.1 Å². The lowest BCUT2D eigenvalue weighted by Crippen LogP contribution is -2.48. The summed E-state index contributed by atoms with van der Waals surface area (Å²) >= 11 is 2.93. The number of nitrogens with zero attached hydrogens (tertiary/aromatic N) is 4. The largest absolute Gasteiger partial charge is 0.497 e. The summed E-state index contributed by atoms with van der Waals surface area (Å²) in [6, 6.07) is 7.59. The highest BCUT2D eigenvalue weighted by molar-refractivity contribution is 8.01. The van der Waals surface area contributed by atoms with Crippen LogP contribution in [0.2, 0.25) is 0 Å². The molecule has 0 radical (unpaired) electrons. The minimum Gasteiger partial charge on any atom is -0.497 e. The second-order valence-corrected chi connectivity index (χ2v) is 9.88. The van der Waals surface area contributed by atoms with Gasteiger partial charge in [0.1, 0.15) is 5.75 Å². The van der Waals surface area contributed by atoms with E-state index in [9.17, 15) is 9.59 Å². The maximum absolute atomic E-state index is 12.8. The van der Waals surface area contributed by atoms with Crippen molar-refractivity contribution in [2.75, 3.05) is 43.9 Å². The first-order valence-electron chi connectivity index (χ1n) is 10.6. The van der Waals surface area contributed by atoms with E-state index in [1.54, 1.807) is 13.2 Å². The number of carbonyl (C=O) groups is 2. The van der Waals surface area contributed by atoms with Crippen molar-refractivity contribution in [2.24, 2.45) is 0 Å². The monoisotopic (exact) mass is 461 g/mol. The lowest BCUT2D eigenvalue weighted by molar-refractivity contribution is -0.119. The van der Waals surface area contributed by atoms with Crippen LogP contribution < -0.4 is 15.0 Å². The molecule has 2 fully saturated rings. The summed E-state index contributed by atoms with van der Waals surface area (Å²) in [5.41, 5.74) is 0.637. The van der Waals surface area contributed by atoms with Crippen molar-refractivity contribution in [1.29, 1.82) is 0 Å². The maximum Gasteiger partial charge on any atom is 0.254 e. The van der Waals surface area contributed by atoms with Crippen LogP contribution in [-0.2, 0) is 4.79 Å². The number of rotatable bonds is 7. The molecule has 0 bridgehead atoms. The predicted molar refractivity (Wildman–Crippen MR) is 122 cm³/mol. The Labute approximate surface area is 190 Å². The SMILES string of the molecule is COc1cccc(C(=O)N2CCN(c3nnc(SCC(=O)NC4CCCC4)s3)CC2)c1. The molecule has 1 saturated heterocycles. The molecule has 1 saturated carbocycles. The molecule has 0 spiro atoms. The first-order chi connectivity index (χ1) is 15.1. The summed E-state index contributed by atoms with van der Waals surface area (Å²) in [4.78, 5) is 28.9. The molecular formula is C21H27N5O3S2. The highest BCUT2D eigenvalue weighted by Crippen LogP contribution is 2.29. The van der Waals surface area contributed by atoms with Crippen LogP contribution in [0.5, 0.6) is 5.75 Å². The average molecular weight is 462 g/mol. The number of benzene rings is 1. The van der Waals surface area contributed by atoms with E-state index in [2.05, 4.69) is 20.4 Å². The predicted octanol–water partition coefficient (Wildman–Crippen LogP) is 2.66. The smallest absolute Gasteiger partial charge is 0.254 e. The fourth-order valence-corrected chi connectivity index (χ4v) is 5.60. The zero-order chi connectivity index (χ0) is 21.6. The number of thioether (sulfide) groups is 1. The number of carbonyl (C=O) groups excluding carboxylic acids is 2. The number of anilines is 1. The minimum absolute atomic E-state index is 0.0142. The van der Waals surface area contributed by atoms with Crippen molar-refractivity contribution >= 4 is 40.0 Å². The van der Waals surface area contributed by atoms with E-state index in [4.69, 9.17) is 4.74 Å². The van der Waals surface area contributed by atoms with Crippen LogP contribution in [0.25, 0.3) is 0 Å². The minimum atomic E-state index is 0.0142. The number of piperazine rings is 1. The number of amides is 2. The van der Waals surface area contributed by atoms with Crippen molar-refractivity contribution in [3.63, 3.8) is 0 Å². The van der Waals surface area contributed by atoms with Gasteiger partial charge in [-0.25, -0.2) is 0 Å². The van der Waals surface area contributed by atoms with Gasteiger partial charge in [0, 0.05) is 37.8 Å². The topological polar surface area (TPSA) is 87.7 Å². The van der Waals surface area contributed by atoms with Crippen LogP contribution in [-0.4, -0.2) is 72.0 Å². The summed E-state index contributed by atoms with van der Waals surface area (Å²) in [6.07, 6.45) is 4.59. The number of hydrogen-bond donors (Lipinski definition) is 1. The molecule has 0 atom stereocenters. The molecule has 2 aromatic rings. The Morgan fingerprint density at radius 2 is 1.97 bits per heavy atom. The lowest BCUT2D eigenvalue weighted by atomic mass is 10.1. The van der Waals surface area contributed by atoms with Crippen LogP contribution >= 0.6 is 23.1 Å². The van der Waals surface area contributed by atoms with Crippen molar-refractivity contribution in [3.8, 4) is 5.75 Å². The average Bonchev–Trinajstić information content (AvgIpc) is 3.49. The van der Waals surface area contributed by atoms with E-state index >= 15 is 0 Å². The van der Waals surface area contributed by atoms with E-state index in [1.165, 1.54) is 35.9 Å². The third-order valence-corrected chi connectivity index (χ3v) is 7.71. The van der Waals surface area contributed by atoms with Gasteiger partial charge >= 0.3 is 0 Å². The molecule has 1 aliphatic carbocycles. The van der Waals surface area contributed by atoms with E-state index in [0.717, 1.165) is 22.3 Å². The zero-order valence-corrected chi connectivity index (χ0v) is 19.2. The Hall–Kier alpha value is -2.33. The summed E-state index contributed by atoms with van der Waals surface area (Å²) < 4.78 is 6.01. The third kappa shape index (κ3) is 5.68. The van der Waals surface area contributed by atoms with Gasteiger partial charge in [-0.05, 0) is 31.0 Å². The molecule has 0 unspecified atom stereocenters. The Balaban J connectivity index is 1.25. The fraction of sp³-hybridized carbons (Fsp3) is 0.524. The fourth-order valence-electron chi connectivity index (χ4n) is 3.89. The molecular weight excluding hydrogens is 434 g/mol. The summed E-state index contributed by atoms with van der Waals surface area (Å²) in [7, 11) is 1.60. The summed E-state index contributed by atoms with van der Waals surface area (Å²) in [5.74, 6) is 1.13. The maximum atomic E-state index is 12.8. The van der Waals surface area contributed by atoms with Crippen molar-refractivity contribution in [2.45, 2.75) is 36.1 Å². The summed E-state index contributed by atoms with van der Waals surface area (Å²) in [6.45, 7) is 2.66. The van der Waals surface area contributed by atoms with Crippen LogP contribution in [0, 0.1) is 0 Å². The highest BCUT2D eigenvalue weighted by atomic mass is 32.2. The molecule has 10 heteroatoms. The van der Waals surface area contributed by atoms with Gasteiger partial charge in [0.25, 0.3) is 5.91 Å². The molecule has 1 N–H and O–H groups in total. The normalized spacial score (nSPS) is 17.1. The molecule has 1 aliphatic heterocycles. The van der Waals surface area contributed by atoms with E-state index < -0.39 is 0 Å². The zero-order valence-electron chi connectivity index (χ0n) is 17.6. The van der Waals surface area contributed by atoms with Crippen LogP contribution in [0.1, 0.15) is 36.0 Å². The van der Waals surface area contributed by atoms with Crippen molar-refractivity contribution in [1.82, 2.24) is 20.4 Å². The third-order valence-electron chi connectivity index (χ3n) is 5.60. The Kier molecular flexibility index (Phi) is 7.29. The second-order valence-electron chi connectivity index (χ2n) is 7.70. The van der Waals surface area contributed by atoms with Crippen LogP contribution in [0.4, 0.5) is 5.13 Å². The Morgan fingerprint density at radius 1 is 1.19 bits per heavy atom. The number of nitrogens with one attached hydrogen (secondary N) is 1. The van der Waals surface area contributed by atoms with E-state index in [-0.39, 0.29) is 11.8 Å². The van der Waals surface area contributed by atoms with Gasteiger partial charge in [-0.15, -0.1) is 10.2 Å². The van der Waals surface area contributed by atoms with E-state index in [0.29, 0.717) is 49.3 Å². The van der Waals surface area contributed by atoms with Gasteiger partial charge in [-0.1, -0.05) is 42.0 Å². The summed E-state index contributed by atoms with van der Waals surface area (Å²) in [5, 5.41) is 12.5. The van der Waals surface area contributed by atoms with Crippen molar-refractivity contribution < 1.29 is 14.3 Å².